The third-order valence-corrected chi connectivity index (χ3v) is 4.17. The van der Waals surface area contributed by atoms with Gasteiger partial charge in [0.05, 0.1) is 20.3 Å². The van der Waals surface area contributed by atoms with Crippen LogP contribution in [0.4, 0.5) is 0 Å². The van der Waals surface area contributed by atoms with Crippen molar-refractivity contribution in [2.45, 2.75) is 24.7 Å². The van der Waals surface area contributed by atoms with Crippen LogP contribution >= 0.6 is 0 Å². The van der Waals surface area contributed by atoms with E-state index in [1.165, 1.54) is 0 Å². The van der Waals surface area contributed by atoms with E-state index in [1.54, 1.807) is 26.4 Å². The average Bonchev–Trinajstić information content (AvgIpc) is 2.71. The summed E-state index contributed by atoms with van der Waals surface area (Å²) >= 11 is 0. The maximum atomic E-state index is 10.6. The molecule has 23 heavy (non-hydrogen) atoms. The van der Waals surface area contributed by atoms with Crippen LogP contribution in [0.25, 0.3) is 0 Å². The van der Waals surface area contributed by atoms with Crippen LogP contribution in [0.5, 0.6) is 17.2 Å². The van der Waals surface area contributed by atoms with Crippen molar-refractivity contribution in [2.24, 2.45) is 5.73 Å². The lowest BCUT2D eigenvalue weighted by molar-refractivity contribution is 0.131. The highest BCUT2D eigenvalue weighted by Crippen LogP contribution is 2.43. The van der Waals surface area contributed by atoms with Gasteiger partial charge in [-0.3, -0.25) is 0 Å². The first-order valence-corrected chi connectivity index (χ1v) is 7.55. The molecule has 3 N–H and O–H groups in total. The molecule has 0 spiro atoms. The van der Waals surface area contributed by atoms with Gasteiger partial charge in [-0.25, -0.2) is 0 Å². The van der Waals surface area contributed by atoms with Crippen molar-refractivity contribution < 1.29 is 19.3 Å². The largest absolute Gasteiger partial charge is 0.493 e. The molecule has 5 nitrogen and oxygen atoms in total. The van der Waals surface area contributed by atoms with Crippen LogP contribution < -0.4 is 19.9 Å². The first kappa shape index (κ1) is 15.6. The molecule has 1 heterocycles. The predicted octanol–water partition coefficient (Wildman–Crippen LogP) is 2.59. The third-order valence-electron chi connectivity index (χ3n) is 4.17. The zero-order valence-electron chi connectivity index (χ0n) is 13.2. The highest BCUT2D eigenvalue weighted by Gasteiger charge is 2.31. The summed E-state index contributed by atoms with van der Waals surface area (Å²) in [6, 6.07) is 12.9. The highest BCUT2D eigenvalue weighted by atomic mass is 16.5. The van der Waals surface area contributed by atoms with Gasteiger partial charge in [0, 0.05) is 24.1 Å². The number of ether oxygens (including phenoxy) is 3. The van der Waals surface area contributed by atoms with E-state index in [0.29, 0.717) is 29.2 Å². The van der Waals surface area contributed by atoms with E-state index >= 15 is 0 Å². The molecular weight excluding hydrogens is 294 g/mol. The molecule has 3 atom stereocenters. The van der Waals surface area contributed by atoms with Gasteiger partial charge < -0.3 is 25.1 Å². The van der Waals surface area contributed by atoms with Crippen LogP contribution in [-0.2, 0) is 0 Å². The number of benzene rings is 2. The molecule has 0 aromatic heterocycles. The average molecular weight is 315 g/mol. The Bertz CT molecular complexity index is 674. The molecule has 1 aliphatic rings. The number of hydrogen-bond acceptors (Lipinski definition) is 5. The topological polar surface area (TPSA) is 73.9 Å². The molecule has 0 bridgehead atoms. The van der Waals surface area contributed by atoms with Crippen molar-refractivity contribution in [2.75, 3.05) is 14.2 Å². The summed E-state index contributed by atoms with van der Waals surface area (Å²) in [5, 5.41) is 10.6. The van der Waals surface area contributed by atoms with Crippen molar-refractivity contribution in [3.8, 4) is 17.2 Å². The molecule has 5 heteroatoms. The van der Waals surface area contributed by atoms with Crippen LogP contribution in [-0.4, -0.2) is 25.4 Å². The minimum atomic E-state index is -0.821. The number of rotatable bonds is 3. The summed E-state index contributed by atoms with van der Waals surface area (Å²) in [7, 11) is 3.12. The minimum absolute atomic E-state index is 0.222. The van der Waals surface area contributed by atoms with Crippen LogP contribution in [0.15, 0.2) is 42.5 Å². The lowest BCUT2D eigenvalue weighted by atomic mass is 9.96. The fourth-order valence-electron chi connectivity index (χ4n) is 2.89. The zero-order chi connectivity index (χ0) is 16.4. The molecule has 0 radical (unpaired) electrons. The van der Waals surface area contributed by atoms with Gasteiger partial charge in [0.15, 0.2) is 11.5 Å². The number of aliphatic hydroxyl groups is 1. The molecule has 0 saturated carbocycles. The standard InChI is InChI=1S/C18H21NO4/c1-21-16-8-12-15(10-17(16)22-2)23-14(9-13(19)18(12)20)11-6-4-3-5-7-11/h3-8,10,13-14,18,20H,9,19H2,1-2H3. The smallest absolute Gasteiger partial charge is 0.164 e. The van der Waals surface area contributed by atoms with Gasteiger partial charge in [-0.15, -0.1) is 0 Å². The molecule has 2 aromatic carbocycles. The quantitative estimate of drug-likeness (QED) is 0.910. The summed E-state index contributed by atoms with van der Waals surface area (Å²) in [6.45, 7) is 0. The highest BCUT2D eigenvalue weighted by molar-refractivity contribution is 5.52. The Morgan fingerprint density at radius 2 is 1.74 bits per heavy atom. The van der Waals surface area contributed by atoms with Crippen molar-refractivity contribution in [3.05, 3.63) is 53.6 Å². The number of nitrogens with two attached hydrogens (primary N) is 1. The van der Waals surface area contributed by atoms with E-state index in [0.717, 1.165) is 5.56 Å². The lowest BCUT2D eigenvalue weighted by Gasteiger charge is -2.19. The maximum Gasteiger partial charge on any atom is 0.164 e. The van der Waals surface area contributed by atoms with Gasteiger partial charge >= 0.3 is 0 Å². The van der Waals surface area contributed by atoms with E-state index in [9.17, 15) is 5.11 Å². The van der Waals surface area contributed by atoms with E-state index in [2.05, 4.69) is 0 Å². The molecule has 3 unspecified atom stereocenters. The first-order valence-electron chi connectivity index (χ1n) is 7.55. The van der Waals surface area contributed by atoms with Crippen molar-refractivity contribution in [3.63, 3.8) is 0 Å². The molecule has 0 fully saturated rings. The zero-order valence-corrected chi connectivity index (χ0v) is 13.2. The van der Waals surface area contributed by atoms with Gasteiger partial charge in [-0.2, -0.15) is 0 Å². The van der Waals surface area contributed by atoms with Crippen molar-refractivity contribution in [1.82, 2.24) is 0 Å². The predicted molar refractivity (Wildman–Crippen MR) is 86.9 cm³/mol. The number of aliphatic hydroxyl groups excluding tert-OH is 1. The molecule has 122 valence electrons. The fourth-order valence-corrected chi connectivity index (χ4v) is 2.89. The Morgan fingerprint density at radius 3 is 2.39 bits per heavy atom. The SMILES string of the molecule is COc1cc2c(cc1OC)C(O)C(N)CC(c1ccccc1)O2. The number of methoxy groups -OCH3 is 2. The fraction of sp³-hybridized carbons (Fsp3) is 0.333. The first-order chi connectivity index (χ1) is 11.1. The van der Waals surface area contributed by atoms with E-state index < -0.39 is 12.1 Å². The maximum absolute atomic E-state index is 10.6. The van der Waals surface area contributed by atoms with Gasteiger partial charge in [-0.05, 0) is 11.6 Å². The van der Waals surface area contributed by atoms with Gasteiger partial charge in [0.25, 0.3) is 0 Å². The summed E-state index contributed by atoms with van der Waals surface area (Å²) in [6.07, 6.45) is -0.525. The monoisotopic (exact) mass is 315 g/mol. The van der Waals surface area contributed by atoms with Crippen LogP contribution in [0.1, 0.15) is 29.8 Å². The van der Waals surface area contributed by atoms with E-state index in [4.69, 9.17) is 19.9 Å². The van der Waals surface area contributed by atoms with Crippen LogP contribution in [0.2, 0.25) is 0 Å². The summed E-state index contributed by atoms with van der Waals surface area (Å²) in [4.78, 5) is 0. The molecule has 0 amide bonds. The summed E-state index contributed by atoms with van der Waals surface area (Å²) in [5.74, 6) is 1.66. The van der Waals surface area contributed by atoms with Crippen molar-refractivity contribution in [1.29, 1.82) is 0 Å². The van der Waals surface area contributed by atoms with Crippen LogP contribution in [0.3, 0.4) is 0 Å². The number of hydrogen-bond donors (Lipinski definition) is 2. The van der Waals surface area contributed by atoms with Gasteiger partial charge in [0.1, 0.15) is 11.9 Å². The van der Waals surface area contributed by atoms with Crippen LogP contribution in [0, 0.1) is 0 Å². The summed E-state index contributed by atoms with van der Waals surface area (Å²) < 4.78 is 16.8. The lowest BCUT2D eigenvalue weighted by Crippen LogP contribution is -2.29. The van der Waals surface area contributed by atoms with Crippen molar-refractivity contribution >= 4 is 0 Å². The third kappa shape index (κ3) is 2.98. The minimum Gasteiger partial charge on any atom is -0.493 e. The number of fused-ring (bicyclic) bond motifs is 1. The Hall–Kier alpha value is -2.24. The second-order valence-corrected chi connectivity index (χ2v) is 5.61. The molecular formula is C18H21NO4. The second kappa shape index (κ2) is 6.48. The Morgan fingerprint density at radius 1 is 1.09 bits per heavy atom. The molecule has 0 saturated heterocycles. The Balaban J connectivity index is 2.05. The Labute approximate surface area is 135 Å². The Kier molecular flexibility index (Phi) is 4.41. The summed E-state index contributed by atoms with van der Waals surface area (Å²) in [5.41, 5.74) is 7.83. The van der Waals surface area contributed by atoms with E-state index in [1.807, 2.05) is 30.3 Å². The van der Waals surface area contributed by atoms with Gasteiger partial charge in [-0.1, -0.05) is 30.3 Å². The molecule has 0 aliphatic carbocycles. The molecule has 1 aliphatic heterocycles. The molecule has 3 rings (SSSR count). The van der Waals surface area contributed by atoms with E-state index in [-0.39, 0.29) is 6.10 Å². The normalized spacial score (nSPS) is 23.4. The second-order valence-electron chi connectivity index (χ2n) is 5.61. The van der Waals surface area contributed by atoms with Gasteiger partial charge in [0.2, 0.25) is 0 Å². The molecule has 2 aromatic rings.